The van der Waals surface area contributed by atoms with E-state index in [0.29, 0.717) is 0 Å². The molecule has 2 atom stereocenters. The highest BCUT2D eigenvalue weighted by Crippen LogP contribution is 2.16. The lowest BCUT2D eigenvalue weighted by Crippen LogP contribution is -2.25. The van der Waals surface area contributed by atoms with Crippen molar-refractivity contribution in [3.05, 3.63) is 24.0 Å². The molecule has 1 aliphatic rings. The van der Waals surface area contributed by atoms with E-state index in [1.165, 1.54) is 25.2 Å². The Bertz CT molecular complexity index is 227. The number of allylic oxidation sites excluding steroid dienone is 1. The molecule has 2 unspecified atom stereocenters. The monoisotopic (exact) mass is 154 g/mol. The van der Waals surface area contributed by atoms with Crippen molar-refractivity contribution in [1.82, 2.24) is 0 Å². The molecular formula is C8H10O3. The van der Waals surface area contributed by atoms with E-state index >= 15 is 0 Å². The second kappa shape index (κ2) is 2.88. The first-order valence-corrected chi connectivity index (χ1v) is 3.39. The van der Waals surface area contributed by atoms with Crippen molar-refractivity contribution in [3.8, 4) is 0 Å². The molecule has 0 aliphatic heterocycles. The highest BCUT2D eigenvalue weighted by atomic mass is 16.3. The summed E-state index contributed by atoms with van der Waals surface area (Å²) in [4.78, 5) is 10.8. The predicted molar refractivity (Wildman–Crippen MR) is 40.0 cm³/mol. The van der Waals surface area contributed by atoms with Crippen LogP contribution in [0.5, 0.6) is 0 Å². The van der Waals surface area contributed by atoms with Crippen LogP contribution < -0.4 is 0 Å². The van der Waals surface area contributed by atoms with Crippen LogP contribution in [-0.4, -0.2) is 22.1 Å². The first kappa shape index (κ1) is 8.01. The van der Waals surface area contributed by atoms with Crippen LogP contribution in [0.15, 0.2) is 24.0 Å². The van der Waals surface area contributed by atoms with Crippen molar-refractivity contribution in [2.45, 2.75) is 13.0 Å². The van der Waals surface area contributed by atoms with Gasteiger partial charge >= 0.3 is 0 Å². The molecule has 11 heavy (non-hydrogen) atoms. The van der Waals surface area contributed by atoms with E-state index in [1.54, 1.807) is 0 Å². The third kappa shape index (κ3) is 1.68. The molecule has 0 saturated carbocycles. The van der Waals surface area contributed by atoms with Gasteiger partial charge in [-0.1, -0.05) is 6.08 Å². The molecule has 0 saturated heterocycles. The fourth-order valence-electron chi connectivity index (χ4n) is 1.03. The second-order valence-corrected chi connectivity index (χ2v) is 2.58. The van der Waals surface area contributed by atoms with Crippen molar-refractivity contribution < 1.29 is 15.0 Å². The molecule has 3 nitrogen and oxygen atoms in total. The molecule has 1 aliphatic carbocycles. The van der Waals surface area contributed by atoms with E-state index in [2.05, 4.69) is 0 Å². The molecule has 60 valence electrons. The molecule has 0 amide bonds. The maximum absolute atomic E-state index is 10.8. The number of carbonyl (C=O) groups is 1. The first-order valence-electron chi connectivity index (χ1n) is 3.39. The Balaban J connectivity index is 2.77. The molecule has 0 aromatic carbocycles. The van der Waals surface area contributed by atoms with Gasteiger partial charge in [-0.05, 0) is 19.1 Å². The molecule has 1 rings (SSSR count). The minimum atomic E-state index is -0.877. The number of hydrogen-bond acceptors (Lipinski definition) is 3. The Morgan fingerprint density at radius 1 is 1.64 bits per heavy atom. The molecule has 2 N–H and O–H groups in total. The molecule has 3 heteroatoms. The second-order valence-electron chi connectivity index (χ2n) is 2.58. The summed E-state index contributed by atoms with van der Waals surface area (Å²) in [5.74, 6) is -0.585. The number of ketones is 1. The maximum atomic E-state index is 10.8. The predicted octanol–water partition coefficient (Wildman–Crippen LogP) is 0.564. The number of rotatable bonds is 1. The van der Waals surface area contributed by atoms with E-state index < -0.39 is 12.0 Å². The van der Waals surface area contributed by atoms with Gasteiger partial charge in [0, 0.05) is 0 Å². The lowest BCUT2D eigenvalue weighted by Gasteiger charge is -2.16. The van der Waals surface area contributed by atoms with E-state index in [9.17, 15) is 9.90 Å². The quantitative estimate of drug-likeness (QED) is 0.580. The fraction of sp³-hybridized carbons (Fsp3) is 0.375. The van der Waals surface area contributed by atoms with Gasteiger partial charge in [0.2, 0.25) is 0 Å². The molecule has 0 fully saturated rings. The number of aliphatic hydroxyl groups is 2. The van der Waals surface area contributed by atoms with Gasteiger partial charge in [-0.3, -0.25) is 4.79 Å². The number of hydrogen-bond donors (Lipinski definition) is 2. The largest absolute Gasteiger partial charge is 0.508 e. The average molecular weight is 154 g/mol. The van der Waals surface area contributed by atoms with Crippen LogP contribution in [0.4, 0.5) is 0 Å². The van der Waals surface area contributed by atoms with E-state index in [4.69, 9.17) is 5.11 Å². The molecule has 0 aromatic rings. The minimum Gasteiger partial charge on any atom is -0.508 e. The smallest absolute Gasteiger partial charge is 0.139 e. The molecule has 0 heterocycles. The Morgan fingerprint density at radius 2 is 2.27 bits per heavy atom. The van der Waals surface area contributed by atoms with Crippen LogP contribution >= 0.6 is 0 Å². The summed E-state index contributed by atoms with van der Waals surface area (Å²) < 4.78 is 0. The number of carbonyl (C=O) groups excluding carboxylic acids is 1. The number of Topliss-reactive ketones (excluding diaryl/α,β-unsaturated/α-hetero) is 1. The van der Waals surface area contributed by atoms with Gasteiger partial charge in [0.05, 0.1) is 12.0 Å². The lowest BCUT2D eigenvalue weighted by atomic mass is 9.94. The average Bonchev–Trinajstić information content (AvgIpc) is 1.85. The Morgan fingerprint density at radius 3 is 2.73 bits per heavy atom. The van der Waals surface area contributed by atoms with Crippen LogP contribution in [0.25, 0.3) is 0 Å². The van der Waals surface area contributed by atoms with Gasteiger partial charge in [-0.2, -0.15) is 0 Å². The molecule has 0 aromatic heterocycles. The Kier molecular flexibility index (Phi) is 2.10. The maximum Gasteiger partial charge on any atom is 0.139 e. The SMILES string of the molecule is CC(=O)C1C=CC(O)=CC1O. The summed E-state index contributed by atoms with van der Waals surface area (Å²) in [6.07, 6.45) is 3.30. The minimum absolute atomic E-state index is 0.00926. The van der Waals surface area contributed by atoms with Crippen molar-refractivity contribution in [1.29, 1.82) is 0 Å². The van der Waals surface area contributed by atoms with E-state index in [0.717, 1.165) is 0 Å². The number of aliphatic hydroxyl groups excluding tert-OH is 2. The van der Waals surface area contributed by atoms with E-state index in [-0.39, 0.29) is 11.5 Å². The van der Waals surface area contributed by atoms with Crippen LogP contribution in [0.2, 0.25) is 0 Å². The third-order valence-electron chi connectivity index (χ3n) is 1.65. The summed E-state index contributed by atoms with van der Waals surface area (Å²) in [5, 5.41) is 18.1. The van der Waals surface area contributed by atoms with Gasteiger partial charge < -0.3 is 10.2 Å². The fourth-order valence-corrected chi connectivity index (χ4v) is 1.03. The highest BCUT2D eigenvalue weighted by molar-refractivity contribution is 5.81. The van der Waals surface area contributed by atoms with Crippen LogP contribution in [0.3, 0.4) is 0 Å². The summed E-state index contributed by atoms with van der Waals surface area (Å²) in [6, 6.07) is 0. The van der Waals surface area contributed by atoms with Gasteiger partial charge in [0.1, 0.15) is 11.5 Å². The zero-order valence-corrected chi connectivity index (χ0v) is 6.19. The summed E-state index contributed by atoms with van der Waals surface area (Å²) in [6.45, 7) is 1.41. The molecule has 0 spiro atoms. The van der Waals surface area contributed by atoms with Crippen LogP contribution in [0, 0.1) is 5.92 Å². The summed E-state index contributed by atoms with van der Waals surface area (Å²) >= 11 is 0. The molecule has 0 radical (unpaired) electrons. The zero-order chi connectivity index (χ0) is 8.43. The Labute approximate surface area is 64.7 Å². The van der Waals surface area contributed by atoms with Crippen molar-refractivity contribution in [2.75, 3.05) is 0 Å². The van der Waals surface area contributed by atoms with Crippen LogP contribution in [-0.2, 0) is 4.79 Å². The normalized spacial score (nSPS) is 29.8. The summed E-state index contributed by atoms with van der Waals surface area (Å²) in [7, 11) is 0. The van der Waals surface area contributed by atoms with Gasteiger partial charge in [-0.25, -0.2) is 0 Å². The molecule has 0 bridgehead atoms. The third-order valence-corrected chi connectivity index (χ3v) is 1.65. The van der Waals surface area contributed by atoms with Crippen LogP contribution in [0.1, 0.15) is 6.92 Å². The molecular weight excluding hydrogens is 144 g/mol. The highest BCUT2D eigenvalue weighted by Gasteiger charge is 2.21. The van der Waals surface area contributed by atoms with Crippen molar-refractivity contribution in [3.63, 3.8) is 0 Å². The van der Waals surface area contributed by atoms with Gasteiger partial charge in [0.15, 0.2) is 0 Å². The zero-order valence-electron chi connectivity index (χ0n) is 6.19. The van der Waals surface area contributed by atoms with Crippen molar-refractivity contribution >= 4 is 5.78 Å². The first-order chi connectivity index (χ1) is 5.11. The van der Waals surface area contributed by atoms with Gasteiger partial charge in [-0.15, -0.1) is 0 Å². The van der Waals surface area contributed by atoms with Crippen molar-refractivity contribution in [2.24, 2.45) is 5.92 Å². The topological polar surface area (TPSA) is 57.5 Å². The van der Waals surface area contributed by atoms with Gasteiger partial charge in [0.25, 0.3) is 0 Å². The standard InChI is InChI=1S/C8H10O3/c1-5(9)7-3-2-6(10)4-8(7)11/h2-4,7-8,10-11H,1H3. The Hall–Kier alpha value is -1.09. The van der Waals surface area contributed by atoms with E-state index in [1.807, 2.05) is 0 Å². The summed E-state index contributed by atoms with van der Waals surface area (Å²) in [5.41, 5.74) is 0. The lowest BCUT2D eigenvalue weighted by molar-refractivity contribution is -0.121.